The molecule has 0 saturated heterocycles. The van der Waals surface area contributed by atoms with Crippen LogP contribution in [-0.2, 0) is 9.59 Å². The zero-order chi connectivity index (χ0) is 17.4. The Kier molecular flexibility index (Phi) is 6.51. The van der Waals surface area contributed by atoms with E-state index in [1.807, 2.05) is 31.2 Å². The molecule has 0 spiro atoms. The summed E-state index contributed by atoms with van der Waals surface area (Å²) in [5, 5.41) is 6.25. The monoisotopic (exact) mass is 389 g/mol. The van der Waals surface area contributed by atoms with Crippen LogP contribution in [0.4, 0.5) is 5.69 Å². The highest BCUT2D eigenvalue weighted by Gasteiger charge is 2.12. The van der Waals surface area contributed by atoms with Gasteiger partial charge in [-0.05, 0) is 37.3 Å². The van der Waals surface area contributed by atoms with Crippen LogP contribution in [0.3, 0.4) is 0 Å². The molecule has 0 heterocycles. The molecule has 0 aromatic heterocycles. The summed E-state index contributed by atoms with van der Waals surface area (Å²) in [5.74, 6) is -0.964. The first kappa shape index (κ1) is 17.7. The summed E-state index contributed by atoms with van der Waals surface area (Å²) in [4.78, 5) is 23.5. The zero-order valence-electron chi connectivity index (χ0n) is 13.0. The van der Waals surface area contributed by atoms with Crippen LogP contribution in [0.2, 0.25) is 0 Å². The van der Waals surface area contributed by atoms with Crippen LogP contribution in [0.25, 0.3) is 0 Å². The first-order chi connectivity index (χ1) is 11.6. The summed E-state index contributed by atoms with van der Waals surface area (Å²) >= 11 is 3.36. The molecule has 0 aliphatic carbocycles. The second kappa shape index (κ2) is 8.83. The summed E-state index contributed by atoms with van der Waals surface area (Å²) in [5.41, 5.74) is 3.46. The molecule has 124 valence electrons. The summed E-state index contributed by atoms with van der Waals surface area (Å²) in [6, 6.07) is 14.1. The number of carbonyl (C=O) groups is 2. The molecule has 2 aromatic rings. The normalized spacial score (nSPS) is 10.4. The van der Waals surface area contributed by atoms with Gasteiger partial charge in [0, 0.05) is 15.7 Å². The third-order valence-electron chi connectivity index (χ3n) is 2.90. The number of hydrazone groups is 1. The molecular weight excluding hydrogens is 374 g/mol. The number of anilines is 1. The Morgan fingerprint density at radius 2 is 1.83 bits per heavy atom. The van der Waals surface area contributed by atoms with E-state index in [-0.39, 0.29) is 0 Å². The maximum atomic E-state index is 11.8. The molecule has 0 aliphatic rings. The molecule has 0 fully saturated rings. The van der Waals surface area contributed by atoms with Crippen LogP contribution in [0.15, 0.2) is 58.1 Å². The molecule has 6 nitrogen and oxygen atoms in total. The first-order valence-corrected chi connectivity index (χ1v) is 8.01. The highest BCUT2D eigenvalue weighted by Crippen LogP contribution is 2.15. The third-order valence-corrected chi connectivity index (χ3v) is 3.63. The molecule has 2 aromatic carbocycles. The molecule has 0 radical (unpaired) electrons. The van der Waals surface area contributed by atoms with Crippen LogP contribution < -0.4 is 15.5 Å². The molecule has 0 atom stereocenters. The van der Waals surface area contributed by atoms with E-state index in [4.69, 9.17) is 4.74 Å². The van der Waals surface area contributed by atoms with E-state index in [1.54, 1.807) is 24.3 Å². The Bertz CT molecular complexity index is 745. The van der Waals surface area contributed by atoms with Crippen LogP contribution in [0.1, 0.15) is 12.5 Å². The van der Waals surface area contributed by atoms with Gasteiger partial charge in [0.2, 0.25) is 0 Å². The van der Waals surface area contributed by atoms with Crippen molar-refractivity contribution in [1.82, 2.24) is 5.43 Å². The lowest BCUT2D eigenvalue weighted by Gasteiger charge is -2.06. The second-order valence-corrected chi connectivity index (χ2v) is 5.49. The van der Waals surface area contributed by atoms with Crippen molar-refractivity contribution in [2.75, 3.05) is 11.9 Å². The lowest BCUT2D eigenvalue weighted by molar-refractivity contribution is -0.136. The molecule has 24 heavy (non-hydrogen) atoms. The summed E-state index contributed by atoms with van der Waals surface area (Å²) in [6.45, 7) is 2.44. The number of nitrogens with zero attached hydrogens (tertiary/aromatic N) is 1. The number of carbonyl (C=O) groups excluding carboxylic acids is 2. The van der Waals surface area contributed by atoms with Crippen molar-refractivity contribution in [2.24, 2.45) is 5.10 Å². The quantitative estimate of drug-likeness (QED) is 0.468. The molecule has 2 rings (SSSR count). The number of rotatable bonds is 5. The van der Waals surface area contributed by atoms with Gasteiger partial charge in [0.15, 0.2) is 0 Å². The third kappa shape index (κ3) is 5.20. The number of amides is 2. The highest BCUT2D eigenvalue weighted by atomic mass is 79.9. The van der Waals surface area contributed by atoms with Gasteiger partial charge in [-0.2, -0.15) is 5.10 Å². The largest absolute Gasteiger partial charge is 0.494 e. The van der Waals surface area contributed by atoms with E-state index in [9.17, 15) is 9.59 Å². The second-order valence-electron chi connectivity index (χ2n) is 4.63. The highest BCUT2D eigenvalue weighted by molar-refractivity contribution is 9.10. The molecule has 7 heteroatoms. The van der Waals surface area contributed by atoms with Crippen LogP contribution in [0.5, 0.6) is 5.75 Å². The fraction of sp³-hybridized carbons (Fsp3) is 0.118. The molecular formula is C17H16BrN3O3. The number of hydrogen-bond donors (Lipinski definition) is 2. The number of ether oxygens (including phenoxy) is 1. The van der Waals surface area contributed by atoms with E-state index in [1.165, 1.54) is 6.21 Å². The summed E-state index contributed by atoms with van der Waals surface area (Å²) < 4.78 is 6.14. The maximum Gasteiger partial charge on any atom is 0.329 e. The fourth-order valence-electron chi connectivity index (χ4n) is 1.78. The Hall–Kier alpha value is -2.67. The van der Waals surface area contributed by atoms with Gasteiger partial charge in [0.1, 0.15) is 5.75 Å². The van der Waals surface area contributed by atoms with E-state index >= 15 is 0 Å². The van der Waals surface area contributed by atoms with Crippen molar-refractivity contribution in [1.29, 1.82) is 0 Å². The summed E-state index contributed by atoms with van der Waals surface area (Å²) in [6.07, 6.45) is 1.45. The van der Waals surface area contributed by atoms with Crippen molar-refractivity contribution in [2.45, 2.75) is 6.92 Å². The minimum atomic E-state index is -0.854. The SMILES string of the molecule is CCOc1ccc(NC(=O)C(=O)N/N=C/c2ccccc2Br)cc1. The van der Waals surface area contributed by atoms with Crippen molar-refractivity contribution in [3.8, 4) is 5.75 Å². The standard InChI is InChI=1S/C17H16BrN3O3/c1-2-24-14-9-7-13(8-10-14)20-16(22)17(23)21-19-11-12-5-3-4-6-15(12)18/h3-11H,2H2,1H3,(H,20,22)(H,21,23)/b19-11+. The predicted octanol–water partition coefficient (Wildman–Crippen LogP) is 2.94. The molecule has 2 N–H and O–H groups in total. The minimum Gasteiger partial charge on any atom is -0.494 e. The van der Waals surface area contributed by atoms with E-state index in [2.05, 4.69) is 31.8 Å². The van der Waals surface area contributed by atoms with Crippen LogP contribution >= 0.6 is 15.9 Å². The number of nitrogens with one attached hydrogen (secondary N) is 2. The zero-order valence-corrected chi connectivity index (χ0v) is 14.5. The van der Waals surface area contributed by atoms with Crippen LogP contribution in [0, 0.1) is 0 Å². The molecule has 0 saturated carbocycles. The van der Waals surface area contributed by atoms with Gasteiger partial charge in [0.05, 0.1) is 12.8 Å². The fourth-order valence-corrected chi connectivity index (χ4v) is 2.17. The van der Waals surface area contributed by atoms with Gasteiger partial charge in [-0.1, -0.05) is 34.1 Å². The van der Waals surface area contributed by atoms with Gasteiger partial charge in [0.25, 0.3) is 0 Å². The van der Waals surface area contributed by atoms with Gasteiger partial charge in [-0.25, -0.2) is 5.43 Å². The Morgan fingerprint density at radius 3 is 2.50 bits per heavy atom. The number of hydrogen-bond acceptors (Lipinski definition) is 4. The lowest BCUT2D eigenvalue weighted by Crippen LogP contribution is -2.32. The lowest BCUT2D eigenvalue weighted by atomic mass is 10.2. The van der Waals surface area contributed by atoms with Gasteiger partial charge < -0.3 is 10.1 Å². The maximum absolute atomic E-state index is 11.8. The Balaban J connectivity index is 1.88. The molecule has 0 aliphatic heterocycles. The molecule has 0 bridgehead atoms. The van der Waals surface area contributed by atoms with Gasteiger partial charge in [-0.15, -0.1) is 0 Å². The van der Waals surface area contributed by atoms with Crippen molar-refractivity contribution >= 4 is 39.6 Å². The average molecular weight is 390 g/mol. The van der Waals surface area contributed by atoms with Gasteiger partial charge in [-0.3, -0.25) is 9.59 Å². The van der Waals surface area contributed by atoms with Crippen LogP contribution in [-0.4, -0.2) is 24.6 Å². The van der Waals surface area contributed by atoms with Crippen molar-refractivity contribution in [3.63, 3.8) is 0 Å². The number of halogens is 1. The molecule has 0 unspecified atom stereocenters. The van der Waals surface area contributed by atoms with Gasteiger partial charge >= 0.3 is 11.8 Å². The van der Waals surface area contributed by atoms with Crippen molar-refractivity contribution < 1.29 is 14.3 Å². The van der Waals surface area contributed by atoms with E-state index < -0.39 is 11.8 Å². The average Bonchev–Trinajstić information content (AvgIpc) is 2.58. The van der Waals surface area contributed by atoms with Crippen molar-refractivity contribution in [3.05, 3.63) is 58.6 Å². The topological polar surface area (TPSA) is 79.8 Å². The summed E-state index contributed by atoms with van der Waals surface area (Å²) in [7, 11) is 0. The predicted molar refractivity (Wildman–Crippen MR) is 96.1 cm³/mol. The van der Waals surface area contributed by atoms with E-state index in [0.29, 0.717) is 18.0 Å². The molecule has 2 amide bonds. The Labute approximate surface area is 148 Å². The number of benzene rings is 2. The smallest absolute Gasteiger partial charge is 0.329 e. The Morgan fingerprint density at radius 1 is 1.12 bits per heavy atom. The first-order valence-electron chi connectivity index (χ1n) is 7.22. The minimum absolute atomic E-state index is 0.494. The van der Waals surface area contributed by atoms with E-state index in [0.717, 1.165) is 10.0 Å².